The molecular weight excluding hydrogens is 1490 g/mol. The van der Waals surface area contributed by atoms with E-state index in [2.05, 4.69) is 426 Å². The van der Waals surface area contributed by atoms with Crippen molar-refractivity contribution in [2.75, 3.05) is 0 Å². The molecular formula is C124H98. The largest absolute Gasteiger partial charge is 0.0629 e. The van der Waals surface area contributed by atoms with Crippen LogP contribution in [0.15, 0.2) is 431 Å². The molecule has 0 saturated carbocycles. The third-order valence-corrected chi connectivity index (χ3v) is 25.4. The van der Waals surface area contributed by atoms with Crippen molar-refractivity contribution in [1.82, 2.24) is 0 Å². The smallest absolute Gasteiger partial charge is 0.0622 e. The number of fused-ring (bicyclic) bond motifs is 10. The minimum atomic E-state index is -0.389. The number of hydrogen-bond donors (Lipinski definition) is 0. The molecule has 0 heterocycles. The first-order valence-electron chi connectivity index (χ1n) is 45.9. The maximum absolute atomic E-state index is 8.73. The van der Waals surface area contributed by atoms with Crippen LogP contribution in [-0.4, -0.2) is 0 Å². The maximum atomic E-state index is 8.73. The quantitative estimate of drug-likeness (QED) is 0.126. The van der Waals surface area contributed by atoms with Crippen molar-refractivity contribution in [1.29, 1.82) is 0 Å². The number of benzene rings is 22. The fourth-order valence-electron chi connectivity index (χ4n) is 19.1. The summed E-state index contributed by atoms with van der Waals surface area (Å²) in [4.78, 5) is 0. The van der Waals surface area contributed by atoms with Gasteiger partial charge in [-0.05, 0) is 259 Å². The molecule has 0 saturated heterocycles. The fourth-order valence-corrected chi connectivity index (χ4v) is 19.1. The highest BCUT2D eigenvalue weighted by molar-refractivity contribution is 6.28. The summed E-state index contributed by atoms with van der Waals surface area (Å²) in [6.45, 7) is 20.8. The van der Waals surface area contributed by atoms with Crippen LogP contribution >= 0.6 is 0 Å². The molecule has 0 spiro atoms. The third-order valence-electron chi connectivity index (χ3n) is 25.4. The van der Waals surface area contributed by atoms with Gasteiger partial charge in [-0.2, -0.15) is 0 Å². The zero-order valence-electron chi connectivity index (χ0n) is 76.6. The first-order chi connectivity index (χ1) is 62.5. The lowest BCUT2D eigenvalue weighted by Crippen LogP contribution is -2.11. The molecule has 0 amide bonds. The van der Waals surface area contributed by atoms with Gasteiger partial charge >= 0.3 is 0 Å². The Kier molecular flexibility index (Phi) is 18.7. The summed E-state index contributed by atoms with van der Waals surface area (Å²) in [5.41, 5.74) is 24.7. The Morgan fingerprint density at radius 2 is 0.395 bits per heavy atom. The molecule has 594 valence electrons. The SMILES string of the molecule is CC(C)(C)c1ccc2c(-c3ccc(-c4ccccc4)c4ccccc34)c3cc(C(C)(C)C)ccc3c(-c3cccc4ccccc34)c2c1.CC(C)(C)c1ccc2c(-c3cccc4ccccc34)c3ccccc3c(-c3ccc(-c4ccccc4)cc3)c2c1.[2H]c1c([2H])c([2H])c(-c2c3ccccc3c(-c3ccc(-c4cccc5ccccc45)cc3)c3ccccc23)c([2H])c1[2H]. The highest BCUT2D eigenvalue weighted by Gasteiger charge is 2.27. The van der Waals surface area contributed by atoms with Crippen molar-refractivity contribution in [3.8, 4) is 100 Å². The molecule has 0 aliphatic heterocycles. The first-order valence-corrected chi connectivity index (χ1v) is 43.4. The predicted octanol–water partition coefficient (Wildman–Crippen LogP) is 35.5. The van der Waals surface area contributed by atoms with Gasteiger partial charge < -0.3 is 0 Å². The maximum Gasteiger partial charge on any atom is 0.0629 e. The molecule has 22 aromatic carbocycles. The third kappa shape index (κ3) is 14.4. The lowest BCUT2D eigenvalue weighted by Gasteiger charge is -2.25. The second-order valence-corrected chi connectivity index (χ2v) is 36.1. The molecule has 22 rings (SSSR count). The summed E-state index contributed by atoms with van der Waals surface area (Å²) in [6, 6.07) is 144. The highest BCUT2D eigenvalue weighted by atomic mass is 14.3. The summed E-state index contributed by atoms with van der Waals surface area (Å²) in [6.07, 6.45) is 0. The van der Waals surface area contributed by atoms with Crippen LogP contribution in [0.25, 0.3) is 208 Å². The minimum Gasteiger partial charge on any atom is -0.0622 e. The molecule has 0 aliphatic rings. The molecule has 22 aromatic rings. The molecule has 0 nitrogen and oxygen atoms in total. The van der Waals surface area contributed by atoms with Crippen LogP contribution in [0.3, 0.4) is 0 Å². The van der Waals surface area contributed by atoms with Gasteiger partial charge in [0, 0.05) is 0 Å². The Morgan fingerprint density at radius 3 is 0.806 bits per heavy atom. The molecule has 0 unspecified atom stereocenters. The number of hydrogen-bond acceptors (Lipinski definition) is 0. The van der Waals surface area contributed by atoms with Gasteiger partial charge in [-0.3, -0.25) is 0 Å². The van der Waals surface area contributed by atoms with Gasteiger partial charge in [-0.25, -0.2) is 0 Å². The van der Waals surface area contributed by atoms with Gasteiger partial charge in [0.05, 0.1) is 6.85 Å². The van der Waals surface area contributed by atoms with Crippen molar-refractivity contribution in [2.45, 2.75) is 78.6 Å². The van der Waals surface area contributed by atoms with Crippen LogP contribution in [0.4, 0.5) is 0 Å². The van der Waals surface area contributed by atoms with Crippen LogP contribution in [0, 0.1) is 0 Å². The Bertz CT molecular complexity index is 8080. The van der Waals surface area contributed by atoms with E-state index in [1.165, 1.54) is 175 Å². The Labute approximate surface area is 735 Å². The van der Waals surface area contributed by atoms with Gasteiger partial charge in [0.25, 0.3) is 0 Å². The lowest BCUT2D eigenvalue weighted by atomic mass is 9.78. The predicted molar refractivity (Wildman–Crippen MR) is 539 cm³/mol. The average Bonchev–Trinajstić information content (AvgIpc) is 0.690. The van der Waals surface area contributed by atoms with Crippen molar-refractivity contribution in [2.24, 2.45) is 0 Å². The van der Waals surface area contributed by atoms with Crippen LogP contribution in [-0.2, 0) is 16.2 Å². The van der Waals surface area contributed by atoms with Crippen LogP contribution in [0.5, 0.6) is 0 Å². The van der Waals surface area contributed by atoms with E-state index in [0.717, 1.165) is 38.2 Å². The van der Waals surface area contributed by atoms with Gasteiger partial charge in [-0.1, -0.05) is 475 Å². The standard InChI is InChI=1S/C48H42.C40H32.C36H24/c1-47(2,3)33-24-26-42-43(29-33)45(39-22-14-18-32-17-10-11-19-35(32)39)41-25-23-34(48(4,5)6)30-44(41)46(42)40-28-27-36(31-15-8-7-9-16-31)37-20-12-13-21-38(37)40;1-40(2,3)31-24-25-36-37(26-31)38(30-22-20-28(21-23-30)27-12-5-4-6-13-27)34-17-9-10-18-35(34)39(36)33-19-11-15-29-14-7-8-16-32(29)33;1-2-12-27(13-3-1)35-31-16-6-8-18-33(31)36(34-19-9-7-17-32(34)35)28-23-21-26(22-24-28)30-20-10-14-25-11-4-5-15-29(25)30/h7-30H,1-6H3;4-26H,1-3H3;1-24H/i;;1D,2D,3D,12D,13D. The number of rotatable bonds is 9. The highest BCUT2D eigenvalue weighted by Crippen LogP contribution is 2.52. The molecule has 0 aliphatic carbocycles. The van der Waals surface area contributed by atoms with E-state index in [9.17, 15) is 0 Å². The zero-order chi connectivity index (χ0) is 88.7. The van der Waals surface area contributed by atoms with Crippen LogP contribution < -0.4 is 0 Å². The second-order valence-electron chi connectivity index (χ2n) is 36.1. The molecule has 0 aromatic heterocycles. The molecule has 0 fully saturated rings. The van der Waals surface area contributed by atoms with Crippen molar-refractivity contribution in [3.05, 3.63) is 447 Å². The Hall–Kier alpha value is -14.6. The zero-order valence-corrected chi connectivity index (χ0v) is 71.6. The van der Waals surface area contributed by atoms with E-state index in [4.69, 9.17) is 6.85 Å². The first kappa shape index (κ1) is 72.3. The molecule has 0 bridgehead atoms. The molecule has 0 N–H and O–H groups in total. The molecule has 0 atom stereocenters. The van der Waals surface area contributed by atoms with E-state index in [1.807, 2.05) is 36.4 Å². The summed E-state index contributed by atoms with van der Waals surface area (Å²) in [5, 5.41) is 24.1. The summed E-state index contributed by atoms with van der Waals surface area (Å²) < 4.78 is 42.2. The van der Waals surface area contributed by atoms with E-state index in [0.29, 0.717) is 5.56 Å². The van der Waals surface area contributed by atoms with E-state index < -0.39 is 0 Å². The Balaban J connectivity index is 0.000000122. The van der Waals surface area contributed by atoms with Crippen LogP contribution in [0.2, 0.25) is 0 Å². The minimum absolute atomic E-state index is 0.00928. The van der Waals surface area contributed by atoms with Crippen molar-refractivity contribution in [3.63, 3.8) is 0 Å². The molecule has 0 radical (unpaired) electrons. The summed E-state index contributed by atoms with van der Waals surface area (Å²) in [5.74, 6) is 0. The van der Waals surface area contributed by atoms with E-state index in [1.54, 1.807) is 0 Å². The normalized spacial score (nSPS) is 12.5. The van der Waals surface area contributed by atoms with Gasteiger partial charge in [-0.15, -0.1) is 0 Å². The lowest BCUT2D eigenvalue weighted by molar-refractivity contribution is 0.590. The topological polar surface area (TPSA) is 0 Å². The summed E-state index contributed by atoms with van der Waals surface area (Å²) >= 11 is 0. The Morgan fingerprint density at radius 1 is 0.153 bits per heavy atom. The van der Waals surface area contributed by atoms with E-state index >= 15 is 0 Å². The van der Waals surface area contributed by atoms with Crippen LogP contribution in [0.1, 0.15) is 85.9 Å². The molecule has 0 heteroatoms. The summed E-state index contributed by atoms with van der Waals surface area (Å²) in [7, 11) is 0. The second kappa shape index (κ2) is 32.1. The van der Waals surface area contributed by atoms with E-state index in [-0.39, 0.29) is 52.0 Å². The average molecular weight is 1590 g/mol. The monoisotopic (exact) mass is 1590 g/mol. The fraction of sp³-hybridized carbons (Fsp3) is 0.0968. The van der Waals surface area contributed by atoms with Gasteiger partial charge in [0.2, 0.25) is 0 Å². The van der Waals surface area contributed by atoms with Gasteiger partial charge in [0.1, 0.15) is 0 Å². The molecule has 124 heavy (non-hydrogen) atoms. The van der Waals surface area contributed by atoms with Gasteiger partial charge in [0.15, 0.2) is 0 Å². The van der Waals surface area contributed by atoms with Crippen molar-refractivity contribution >= 4 is 108 Å². The van der Waals surface area contributed by atoms with Crippen molar-refractivity contribution < 1.29 is 6.85 Å².